The lowest BCUT2D eigenvalue weighted by Gasteiger charge is -2.26. The van der Waals surface area contributed by atoms with Gasteiger partial charge in [0.05, 0.1) is 37.8 Å². The van der Waals surface area contributed by atoms with Crippen molar-refractivity contribution in [3.05, 3.63) is 89.5 Å². The van der Waals surface area contributed by atoms with Crippen molar-refractivity contribution in [2.24, 2.45) is 0 Å². The molecule has 1 aliphatic rings. The van der Waals surface area contributed by atoms with E-state index in [1.54, 1.807) is 49.6 Å². The van der Waals surface area contributed by atoms with E-state index in [0.717, 1.165) is 0 Å². The van der Waals surface area contributed by atoms with Crippen molar-refractivity contribution in [1.82, 2.24) is 4.90 Å². The average Bonchev–Trinajstić information content (AvgIpc) is 3.46. The van der Waals surface area contributed by atoms with E-state index in [9.17, 15) is 14.7 Å². The second-order valence-corrected chi connectivity index (χ2v) is 6.26. The highest BCUT2D eigenvalue weighted by atomic mass is 16.5. The average molecular weight is 379 g/mol. The van der Waals surface area contributed by atoms with Gasteiger partial charge in [0.2, 0.25) is 5.78 Å². The van der Waals surface area contributed by atoms with Gasteiger partial charge in [0.1, 0.15) is 11.5 Å². The summed E-state index contributed by atoms with van der Waals surface area (Å²) in [7, 11) is 1.55. The lowest BCUT2D eigenvalue weighted by atomic mass is 9.95. The number of ketones is 1. The number of hydrogen-bond donors (Lipinski definition) is 1. The van der Waals surface area contributed by atoms with Gasteiger partial charge in [-0.15, -0.1) is 0 Å². The Balaban J connectivity index is 1.79. The Morgan fingerprint density at radius 2 is 1.82 bits per heavy atom. The van der Waals surface area contributed by atoms with Crippen LogP contribution in [0, 0.1) is 0 Å². The van der Waals surface area contributed by atoms with Gasteiger partial charge >= 0.3 is 0 Å². The zero-order chi connectivity index (χ0) is 19.7. The first-order chi connectivity index (χ1) is 13.6. The molecule has 1 aromatic carbocycles. The number of rotatable bonds is 6. The molecule has 7 heteroatoms. The number of furan rings is 2. The van der Waals surface area contributed by atoms with E-state index in [2.05, 4.69) is 0 Å². The molecule has 1 amide bonds. The van der Waals surface area contributed by atoms with Crippen LogP contribution in [0.3, 0.4) is 0 Å². The molecule has 1 N–H and O–H groups in total. The van der Waals surface area contributed by atoms with Gasteiger partial charge in [-0.3, -0.25) is 9.59 Å². The highest BCUT2D eigenvalue weighted by Crippen LogP contribution is 2.40. The smallest absolute Gasteiger partial charge is 0.290 e. The minimum Gasteiger partial charge on any atom is -0.503 e. The first kappa shape index (κ1) is 17.7. The van der Waals surface area contributed by atoms with E-state index in [1.165, 1.54) is 23.5 Å². The van der Waals surface area contributed by atoms with E-state index in [4.69, 9.17) is 13.6 Å². The fourth-order valence-electron chi connectivity index (χ4n) is 3.29. The Bertz CT molecular complexity index is 1020. The summed E-state index contributed by atoms with van der Waals surface area (Å²) in [5.74, 6) is -0.559. The van der Waals surface area contributed by atoms with Gasteiger partial charge in [0.25, 0.3) is 5.91 Å². The molecule has 1 aliphatic heterocycles. The molecule has 4 rings (SSSR count). The van der Waals surface area contributed by atoms with E-state index < -0.39 is 23.5 Å². The van der Waals surface area contributed by atoms with Crippen LogP contribution in [0.25, 0.3) is 0 Å². The molecule has 3 heterocycles. The summed E-state index contributed by atoms with van der Waals surface area (Å²) in [6.45, 7) is 0.0987. The molecule has 0 bridgehead atoms. The van der Waals surface area contributed by atoms with Crippen molar-refractivity contribution >= 4 is 11.7 Å². The first-order valence-electron chi connectivity index (χ1n) is 8.58. The van der Waals surface area contributed by atoms with Gasteiger partial charge in [0, 0.05) is 0 Å². The summed E-state index contributed by atoms with van der Waals surface area (Å²) in [4.78, 5) is 27.2. The number of hydrogen-bond acceptors (Lipinski definition) is 6. The lowest BCUT2D eigenvalue weighted by Crippen LogP contribution is -2.30. The third kappa shape index (κ3) is 2.96. The molecule has 0 fully saturated rings. The first-order valence-corrected chi connectivity index (χ1v) is 8.58. The zero-order valence-electron chi connectivity index (χ0n) is 15.0. The Morgan fingerprint density at radius 1 is 1.11 bits per heavy atom. The summed E-state index contributed by atoms with van der Waals surface area (Å²) in [5.41, 5.74) is 0.622. The molecule has 0 saturated carbocycles. The Hall–Kier alpha value is -3.74. The maximum absolute atomic E-state index is 13.0. The minimum atomic E-state index is -0.791. The summed E-state index contributed by atoms with van der Waals surface area (Å²) in [6.07, 6.45) is 2.87. The standard InChI is InChI=1S/C21H17NO6/c1-26-14-8-6-13(7-9-14)18-17(19(23)16-5-3-11-28-16)20(24)21(25)22(18)12-15-4-2-10-27-15/h2-11,18,24H,12H2,1H3. The van der Waals surface area contributed by atoms with Gasteiger partial charge in [-0.2, -0.15) is 0 Å². The third-order valence-electron chi connectivity index (χ3n) is 4.63. The maximum Gasteiger partial charge on any atom is 0.290 e. The topological polar surface area (TPSA) is 93.1 Å². The number of aliphatic hydroxyl groups excluding tert-OH is 1. The number of carbonyl (C=O) groups is 2. The highest BCUT2D eigenvalue weighted by molar-refractivity contribution is 6.14. The normalized spacial score (nSPS) is 16.7. The third-order valence-corrected chi connectivity index (χ3v) is 4.63. The lowest BCUT2D eigenvalue weighted by molar-refractivity contribution is -0.130. The summed E-state index contributed by atoms with van der Waals surface area (Å²) in [5, 5.41) is 10.5. The van der Waals surface area contributed by atoms with Crippen molar-refractivity contribution in [1.29, 1.82) is 0 Å². The van der Waals surface area contributed by atoms with Crippen LogP contribution < -0.4 is 4.74 Å². The largest absolute Gasteiger partial charge is 0.503 e. The van der Waals surface area contributed by atoms with Crippen molar-refractivity contribution in [3.63, 3.8) is 0 Å². The quantitative estimate of drug-likeness (QED) is 0.657. The zero-order valence-corrected chi connectivity index (χ0v) is 15.0. The fourth-order valence-corrected chi connectivity index (χ4v) is 3.29. The monoisotopic (exact) mass is 379 g/mol. The van der Waals surface area contributed by atoms with Crippen LogP contribution in [0.2, 0.25) is 0 Å². The van der Waals surface area contributed by atoms with Crippen LogP contribution in [0.5, 0.6) is 5.75 Å². The van der Waals surface area contributed by atoms with Gasteiger partial charge in [-0.25, -0.2) is 0 Å². The molecular weight excluding hydrogens is 362 g/mol. The number of benzene rings is 1. The molecule has 0 aliphatic carbocycles. The van der Waals surface area contributed by atoms with Crippen LogP contribution in [0.1, 0.15) is 27.9 Å². The van der Waals surface area contributed by atoms with Gasteiger partial charge < -0.3 is 23.6 Å². The number of ether oxygens (including phenoxy) is 1. The molecule has 1 unspecified atom stereocenters. The summed E-state index contributed by atoms with van der Waals surface area (Å²) in [6, 6.07) is 12.7. The van der Waals surface area contributed by atoms with Crippen LogP contribution >= 0.6 is 0 Å². The van der Waals surface area contributed by atoms with Crippen molar-refractivity contribution in [3.8, 4) is 5.75 Å². The Morgan fingerprint density at radius 3 is 2.43 bits per heavy atom. The predicted molar refractivity (Wildman–Crippen MR) is 97.7 cm³/mol. The number of Topliss-reactive ketones (excluding diaryl/α,β-unsaturated/α-hetero) is 1. The highest BCUT2D eigenvalue weighted by Gasteiger charge is 2.44. The van der Waals surface area contributed by atoms with Crippen LogP contribution in [0.4, 0.5) is 0 Å². The molecule has 142 valence electrons. The van der Waals surface area contributed by atoms with E-state index in [1.807, 2.05) is 0 Å². The summed E-state index contributed by atoms with van der Waals surface area (Å²) >= 11 is 0. The molecule has 7 nitrogen and oxygen atoms in total. The molecular formula is C21H17NO6. The van der Waals surface area contributed by atoms with Crippen LogP contribution in [-0.2, 0) is 11.3 Å². The fraction of sp³-hybridized carbons (Fsp3) is 0.143. The molecule has 2 aromatic heterocycles. The molecule has 28 heavy (non-hydrogen) atoms. The molecule has 0 radical (unpaired) electrons. The van der Waals surface area contributed by atoms with Crippen molar-refractivity contribution in [2.45, 2.75) is 12.6 Å². The molecule has 3 aromatic rings. The van der Waals surface area contributed by atoms with E-state index in [0.29, 0.717) is 17.1 Å². The maximum atomic E-state index is 13.0. The van der Waals surface area contributed by atoms with Gasteiger partial charge in [0.15, 0.2) is 11.5 Å². The van der Waals surface area contributed by atoms with Crippen molar-refractivity contribution in [2.75, 3.05) is 7.11 Å². The van der Waals surface area contributed by atoms with Crippen LogP contribution in [-0.4, -0.2) is 28.8 Å². The Labute approximate surface area is 160 Å². The Kier molecular flexibility index (Phi) is 4.49. The number of amides is 1. The SMILES string of the molecule is COc1ccc(C2C(C(=O)c3ccco3)=C(O)C(=O)N2Cc2ccco2)cc1. The van der Waals surface area contributed by atoms with E-state index in [-0.39, 0.29) is 17.9 Å². The van der Waals surface area contributed by atoms with E-state index >= 15 is 0 Å². The van der Waals surface area contributed by atoms with Gasteiger partial charge in [-0.1, -0.05) is 12.1 Å². The molecule has 0 spiro atoms. The molecule has 0 saturated heterocycles. The summed E-state index contributed by atoms with van der Waals surface area (Å²) < 4.78 is 15.7. The number of nitrogens with zero attached hydrogens (tertiary/aromatic N) is 1. The van der Waals surface area contributed by atoms with Crippen molar-refractivity contribution < 1.29 is 28.3 Å². The number of methoxy groups -OCH3 is 1. The second-order valence-electron chi connectivity index (χ2n) is 6.26. The molecule has 1 atom stereocenters. The number of carbonyl (C=O) groups excluding carboxylic acids is 2. The van der Waals surface area contributed by atoms with Crippen LogP contribution in [0.15, 0.2) is 81.2 Å². The minimum absolute atomic E-state index is 0.0309. The number of aliphatic hydroxyl groups is 1. The van der Waals surface area contributed by atoms with Gasteiger partial charge in [-0.05, 0) is 42.0 Å². The second kappa shape index (κ2) is 7.11. The predicted octanol–water partition coefficient (Wildman–Crippen LogP) is 3.66.